The molecule has 23 rings (SSSR count). The molecule has 522 valence electrons. The largest absolute Gasteiger partial charge is 0.311 e. The first-order chi connectivity index (χ1) is 55.6. The van der Waals surface area contributed by atoms with E-state index in [1.54, 1.807) is 0 Å². The van der Waals surface area contributed by atoms with Gasteiger partial charge in [-0.25, -0.2) is 0 Å². The van der Waals surface area contributed by atoms with Gasteiger partial charge in [0.25, 0.3) is 13.4 Å². The maximum absolute atomic E-state index is 2.68. The summed E-state index contributed by atoms with van der Waals surface area (Å²) in [6.07, 6.45) is 0. The molecule has 0 saturated carbocycles. The number of para-hydroxylation sites is 8. The fourth-order valence-corrected chi connectivity index (χ4v) is 21.1. The van der Waals surface area contributed by atoms with Gasteiger partial charge in [-0.1, -0.05) is 273 Å². The molecule has 0 radical (unpaired) electrons. The fraction of sp³-hybridized carbons (Fsp3) is 0. The van der Waals surface area contributed by atoms with E-state index in [1.807, 2.05) is 22.7 Å². The second-order valence-electron chi connectivity index (χ2n) is 29.4. The molecule has 0 bridgehead atoms. The van der Waals surface area contributed by atoms with Crippen molar-refractivity contribution in [2.75, 3.05) is 29.4 Å². The lowest BCUT2D eigenvalue weighted by Gasteiger charge is -2.48. The normalized spacial score (nSPS) is 12.9. The predicted octanol–water partition coefficient (Wildman–Crippen LogP) is 24.9. The van der Waals surface area contributed by atoms with Gasteiger partial charge in [0.15, 0.2) is 0 Å². The zero-order valence-corrected chi connectivity index (χ0v) is 62.4. The number of anilines is 18. The third-order valence-electron chi connectivity index (χ3n) is 23.3. The van der Waals surface area contributed by atoms with Crippen LogP contribution in [0.4, 0.5) is 102 Å². The van der Waals surface area contributed by atoms with Crippen LogP contribution in [-0.4, -0.2) is 13.4 Å². The highest BCUT2D eigenvalue weighted by molar-refractivity contribution is 7.27. The molecular weight excluding hydrogens is 1390 g/mol. The van der Waals surface area contributed by atoms with E-state index < -0.39 is 0 Å². The summed E-state index contributed by atoms with van der Waals surface area (Å²) >= 11 is 3.74. The molecule has 112 heavy (non-hydrogen) atoms. The summed E-state index contributed by atoms with van der Waals surface area (Å²) in [6, 6.07) is 150. The van der Waals surface area contributed by atoms with E-state index in [4.69, 9.17) is 0 Å². The first-order valence-electron chi connectivity index (χ1n) is 38.5. The molecule has 0 spiro atoms. The van der Waals surface area contributed by atoms with Gasteiger partial charge >= 0.3 is 0 Å². The SMILES string of the molecule is c1ccc(-c2ccccc2N2c3cc4c(cc3B3c5ccccc5N(c5ccccc5)c5cc(N(c6ccccc6)c6cccc7c6sc6ccccc67)cc2c53)B2c3ccccc3N(c3ccccc3)c3cc(N(c5ccccc5)c5cccc6c5sc5ccccc56)cc(c32)N4c2ccccc2-c2ccccc2)cc1. The van der Waals surface area contributed by atoms with Crippen LogP contribution in [0.25, 0.3) is 62.6 Å². The summed E-state index contributed by atoms with van der Waals surface area (Å²) in [5.41, 5.74) is 31.6. The van der Waals surface area contributed by atoms with Crippen molar-refractivity contribution in [3.63, 3.8) is 0 Å². The molecular formula is C102H66B2N6S2. The summed E-state index contributed by atoms with van der Waals surface area (Å²) in [4.78, 5) is 15.5. The summed E-state index contributed by atoms with van der Waals surface area (Å²) in [6.45, 7) is -0.508. The summed E-state index contributed by atoms with van der Waals surface area (Å²) in [7, 11) is 0. The average molecular weight is 1460 g/mol. The summed E-state index contributed by atoms with van der Waals surface area (Å²) < 4.78 is 4.98. The van der Waals surface area contributed by atoms with Gasteiger partial charge in [-0.3, -0.25) is 0 Å². The van der Waals surface area contributed by atoms with Crippen molar-refractivity contribution in [2.45, 2.75) is 0 Å². The van der Waals surface area contributed by atoms with Gasteiger partial charge in [-0.2, -0.15) is 0 Å². The van der Waals surface area contributed by atoms with Crippen LogP contribution >= 0.6 is 22.7 Å². The molecule has 4 aliphatic rings. The zero-order valence-electron chi connectivity index (χ0n) is 60.8. The van der Waals surface area contributed by atoms with E-state index in [0.29, 0.717) is 0 Å². The van der Waals surface area contributed by atoms with Crippen LogP contribution in [0.15, 0.2) is 400 Å². The topological polar surface area (TPSA) is 19.4 Å². The quantitative estimate of drug-likeness (QED) is 0.113. The highest BCUT2D eigenvalue weighted by atomic mass is 32.1. The van der Waals surface area contributed by atoms with Gasteiger partial charge in [0.2, 0.25) is 0 Å². The minimum absolute atomic E-state index is 0.254. The molecule has 0 saturated heterocycles. The van der Waals surface area contributed by atoms with Crippen molar-refractivity contribution in [3.05, 3.63) is 400 Å². The minimum atomic E-state index is -0.254. The Morgan fingerprint density at radius 2 is 0.545 bits per heavy atom. The van der Waals surface area contributed by atoms with Crippen LogP contribution in [-0.2, 0) is 0 Å². The molecule has 19 aromatic rings. The predicted molar refractivity (Wildman–Crippen MR) is 481 cm³/mol. The Hall–Kier alpha value is -13.9. The first-order valence-corrected chi connectivity index (χ1v) is 40.1. The Bertz CT molecular complexity index is 6540. The van der Waals surface area contributed by atoms with E-state index in [-0.39, 0.29) is 13.4 Å². The highest BCUT2D eigenvalue weighted by Gasteiger charge is 2.50. The van der Waals surface area contributed by atoms with Crippen LogP contribution in [0.5, 0.6) is 0 Å². The molecule has 6 nitrogen and oxygen atoms in total. The number of rotatable bonds is 12. The summed E-state index contributed by atoms with van der Waals surface area (Å²) in [5.74, 6) is 0. The summed E-state index contributed by atoms with van der Waals surface area (Å²) in [5, 5.41) is 5.00. The van der Waals surface area contributed by atoms with Crippen molar-refractivity contribution in [1.82, 2.24) is 0 Å². The first kappa shape index (κ1) is 64.1. The van der Waals surface area contributed by atoms with E-state index in [0.717, 1.165) is 125 Å². The second-order valence-corrected chi connectivity index (χ2v) is 31.5. The Morgan fingerprint density at radius 3 is 0.964 bits per heavy atom. The van der Waals surface area contributed by atoms with Crippen LogP contribution < -0.4 is 62.2 Å². The van der Waals surface area contributed by atoms with Crippen molar-refractivity contribution < 1.29 is 0 Å². The van der Waals surface area contributed by atoms with E-state index in [2.05, 4.69) is 430 Å². The number of benzene rings is 17. The molecule has 0 amide bonds. The average Bonchev–Trinajstić information content (AvgIpc) is 1.05. The smallest absolute Gasteiger partial charge is 0.252 e. The molecule has 10 heteroatoms. The molecule has 2 aromatic heterocycles. The number of hydrogen-bond acceptors (Lipinski definition) is 8. The van der Waals surface area contributed by atoms with E-state index in [9.17, 15) is 0 Å². The van der Waals surface area contributed by atoms with Gasteiger partial charge in [0, 0.05) is 110 Å². The molecule has 0 aliphatic carbocycles. The fourth-order valence-electron chi connectivity index (χ4n) is 18.7. The minimum Gasteiger partial charge on any atom is -0.311 e. The second kappa shape index (κ2) is 25.9. The molecule has 4 aliphatic heterocycles. The van der Waals surface area contributed by atoms with Crippen LogP contribution in [0.3, 0.4) is 0 Å². The third kappa shape index (κ3) is 9.92. The Kier molecular flexibility index (Phi) is 14.8. The van der Waals surface area contributed by atoms with Crippen molar-refractivity contribution >= 4 is 212 Å². The van der Waals surface area contributed by atoms with Crippen molar-refractivity contribution in [3.8, 4) is 22.3 Å². The van der Waals surface area contributed by atoms with Crippen molar-refractivity contribution in [2.24, 2.45) is 0 Å². The van der Waals surface area contributed by atoms with E-state index >= 15 is 0 Å². The number of fused-ring (bicyclic) bond motifs is 14. The monoisotopic (exact) mass is 1460 g/mol. The highest BCUT2D eigenvalue weighted by Crippen LogP contribution is 2.56. The third-order valence-corrected chi connectivity index (χ3v) is 25.7. The van der Waals surface area contributed by atoms with Gasteiger partial charge in [0.05, 0.1) is 43.5 Å². The number of hydrogen-bond donors (Lipinski definition) is 0. The Labute approximate surface area is 658 Å². The van der Waals surface area contributed by atoms with Crippen molar-refractivity contribution in [1.29, 1.82) is 0 Å². The van der Waals surface area contributed by atoms with Crippen LogP contribution in [0.1, 0.15) is 0 Å². The molecule has 0 N–H and O–H groups in total. The zero-order chi connectivity index (χ0) is 73.5. The van der Waals surface area contributed by atoms with Crippen LogP contribution in [0, 0.1) is 0 Å². The lowest BCUT2D eigenvalue weighted by Crippen LogP contribution is -2.65. The standard InChI is InChI=1S/C102H66B2N6S2/c1-7-33-67(34-8-1)75-45-19-25-53-85(75)109-91-66-92-84(65-83(91)103-81-51-23-27-55-87(81)107(71-41-15-5-16-42-71)93-61-73(63-95(109)99(93)103)105(69-37-11-3-12-38-69)89-57-31-49-79-77-47-21-29-59-97(77)111-101(79)89)104-82-52-24-28-56-88(82)108(72-43-17-6-18-44-72)94-62-74(64-96(100(94)104)110(92)86-54-26-20-46-76(86)68-35-9-2-10-36-68)106(70-39-13-4-14-40-70)90-58-32-50-80-78-48-22-30-60-98(78)112-102(80)90/h1-66H. The van der Waals surface area contributed by atoms with Gasteiger partial charge in [-0.15, -0.1) is 22.7 Å². The van der Waals surface area contributed by atoms with E-state index in [1.165, 1.54) is 73.1 Å². The van der Waals surface area contributed by atoms with Crippen LogP contribution in [0.2, 0.25) is 0 Å². The molecule has 0 fully saturated rings. The molecule has 0 atom stereocenters. The number of nitrogens with zero attached hydrogens (tertiary/aromatic N) is 6. The molecule has 17 aromatic carbocycles. The lowest BCUT2D eigenvalue weighted by molar-refractivity contribution is 1.22. The lowest BCUT2D eigenvalue weighted by atomic mass is 9.30. The Morgan fingerprint density at radius 1 is 0.214 bits per heavy atom. The maximum atomic E-state index is 2.68. The maximum Gasteiger partial charge on any atom is 0.252 e. The van der Waals surface area contributed by atoms with Gasteiger partial charge in [0.1, 0.15) is 0 Å². The molecule has 0 unspecified atom stereocenters. The van der Waals surface area contributed by atoms with Gasteiger partial charge in [-0.05, 0) is 171 Å². The number of thiophene rings is 2. The molecule has 6 heterocycles. The Balaban J connectivity index is 0.868. The van der Waals surface area contributed by atoms with Gasteiger partial charge < -0.3 is 29.4 Å².